The van der Waals surface area contributed by atoms with E-state index in [0.29, 0.717) is 5.92 Å². The topological polar surface area (TPSA) is 51.8 Å². The van der Waals surface area contributed by atoms with E-state index in [1.807, 2.05) is 6.92 Å². The average molecular weight is 261 g/mol. The zero-order chi connectivity index (χ0) is 13.8. The maximum absolute atomic E-state index is 5.89. The minimum Gasteiger partial charge on any atom is -0.328 e. The molecule has 1 aromatic rings. The molecule has 0 spiro atoms. The van der Waals surface area contributed by atoms with Gasteiger partial charge in [0.05, 0.1) is 0 Å². The number of aromatic nitrogens is 2. The molecule has 0 radical (unpaired) electrons. The average Bonchev–Trinajstić information content (AvgIpc) is 2.37. The van der Waals surface area contributed by atoms with Crippen LogP contribution in [0.1, 0.15) is 69.1 Å². The molecule has 2 rings (SSSR count). The summed E-state index contributed by atoms with van der Waals surface area (Å²) in [7, 11) is 0. The van der Waals surface area contributed by atoms with Gasteiger partial charge in [0.15, 0.2) is 0 Å². The van der Waals surface area contributed by atoms with Crippen LogP contribution in [0.4, 0.5) is 0 Å². The summed E-state index contributed by atoms with van der Waals surface area (Å²) >= 11 is 0. The van der Waals surface area contributed by atoms with Gasteiger partial charge < -0.3 is 5.73 Å². The third-order valence-corrected chi connectivity index (χ3v) is 4.18. The molecule has 3 atom stereocenters. The number of hydrogen-bond donors (Lipinski definition) is 1. The lowest BCUT2D eigenvalue weighted by Gasteiger charge is -2.27. The Morgan fingerprint density at radius 1 is 1.37 bits per heavy atom. The van der Waals surface area contributed by atoms with Crippen LogP contribution in [0.15, 0.2) is 6.07 Å². The Labute approximate surface area is 117 Å². The predicted octanol–water partition coefficient (Wildman–Crippen LogP) is 3.36. The lowest BCUT2D eigenvalue weighted by molar-refractivity contribution is 0.306. The summed E-state index contributed by atoms with van der Waals surface area (Å²) in [5, 5.41) is 0. The van der Waals surface area contributed by atoms with Gasteiger partial charge in [-0.15, -0.1) is 0 Å². The van der Waals surface area contributed by atoms with E-state index in [0.717, 1.165) is 29.6 Å². The molecule has 3 heteroatoms. The molecule has 106 valence electrons. The van der Waals surface area contributed by atoms with Gasteiger partial charge in [-0.3, -0.25) is 0 Å². The summed E-state index contributed by atoms with van der Waals surface area (Å²) in [5.74, 6) is 2.49. The molecule has 1 heterocycles. The molecule has 0 bridgehead atoms. The van der Waals surface area contributed by atoms with Crippen molar-refractivity contribution in [1.82, 2.24) is 9.97 Å². The van der Waals surface area contributed by atoms with Crippen LogP contribution in [0.3, 0.4) is 0 Å². The van der Waals surface area contributed by atoms with Gasteiger partial charge in [0.25, 0.3) is 0 Å². The Bertz CT molecular complexity index is 414. The lowest BCUT2D eigenvalue weighted by Crippen LogP contribution is -2.21. The molecule has 1 fully saturated rings. The zero-order valence-corrected chi connectivity index (χ0v) is 12.5. The summed E-state index contributed by atoms with van der Waals surface area (Å²) in [4.78, 5) is 9.46. The van der Waals surface area contributed by atoms with Gasteiger partial charge in [-0.25, -0.2) is 9.97 Å². The number of nitrogens with zero attached hydrogens (tertiary/aromatic N) is 2. The van der Waals surface area contributed by atoms with Crippen molar-refractivity contribution < 1.29 is 0 Å². The largest absolute Gasteiger partial charge is 0.328 e. The smallest absolute Gasteiger partial charge is 0.131 e. The van der Waals surface area contributed by atoms with Crippen molar-refractivity contribution in [3.8, 4) is 0 Å². The first-order valence-corrected chi connectivity index (χ1v) is 7.68. The van der Waals surface area contributed by atoms with Crippen LogP contribution >= 0.6 is 0 Å². The van der Waals surface area contributed by atoms with Crippen molar-refractivity contribution in [2.24, 2.45) is 11.7 Å². The second kappa shape index (κ2) is 6.47. The van der Waals surface area contributed by atoms with Crippen LogP contribution in [0.5, 0.6) is 0 Å². The van der Waals surface area contributed by atoms with Crippen molar-refractivity contribution in [2.45, 2.75) is 71.3 Å². The van der Waals surface area contributed by atoms with Crippen molar-refractivity contribution >= 4 is 0 Å². The van der Waals surface area contributed by atoms with Crippen molar-refractivity contribution in [3.63, 3.8) is 0 Å². The van der Waals surface area contributed by atoms with E-state index < -0.39 is 0 Å². The highest BCUT2D eigenvalue weighted by atomic mass is 14.9. The first-order chi connectivity index (χ1) is 9.08. The minimum absolute atomic E-state index is 0.164. The molecule has 0 amide bonds. The van der Waals surface area contributed by atoms with E-state index in [-0.39, 0.29) is 6.04 Å². The van der Waals surface area contributed by atoms with Gasteiger partial charge in [-0.2, -0.15) is 0 Å². The molecule has 19 heavy (non-hydrogen) atoms. The van der Waals surface area contributed by atoms with E-state index in [1.165, 1.54) is 32.1 Å². The van der Waals surface area contributed by atoms with Gasteiger partial charge in [0.1, 0.15) is 5.82 Å². The molecular formula is C16H27N3. The van der Waals surface area contributed by atoms with Gasteiger partial charge in [-0.05, 0) is 38.7 Å². The second-order valence-electron chi connectivity index (χ2n) is 6.18. The summed E-state index contributed by atoms with van der Waals surface area (Å²) < 4.78 is 0. The Hall–Kier alpha value is -0.960. The van der Waals surface area contributed by atoms with Crippen LogP contribution in [-0.4, -0.2) is 16.0 Å². The van der Waals surface area contributed by atoms with Crippen LogP contribution in [0, 0.1) is 12.8 Å². The molecule has 0 aromatic carbocycles. The fraction of sp³-hybridized carbons (Fsp3) is 0.750. The number of aryl methyl sites for hydroxylation is 1. The van der Waals surface area contributed by atoms with Crippen LogP contribution in [-0.2, 0) is 6.42 Å². The predicted molar refractivity (Wildman–Crippen MR) is 79.1 cm³/mol. The lowest BCUT2D eigenvalue weighted by atomic mass is 9.80. The fourth-order valence-corrected chi connectivity index (χ4v) is 3.17. The molecule has 0 aliphatic heterocycles. The summed E-state index contributed by atoms with van der Waals surface area (Å²) in [6.45, 7) is 6.40. The number of rotatable bonds is 4. The number of hydrogen-bond acceptors (Lipinski definition) is 3. The van der Waals surface area contributed by atoms with Crippen molar-refractivity contribution in [1.29, 1.82) is 0 Å². The molecule has 1 aliphatic carbocycles. The zero-order valence-electron chi connectivity index (χ0n) is 12.5. The highest BCUT2D eigenvalue weighted by Gasteiger charge is 2.24. The van der Waals surface area contributed by atoms with E-state index in [2.05, 4.69) is 24.9 Å². The Morgan fingerprint density at radius 3 is 2.84 bits per heavy atom. The maximum atomic E-state index is 5.89. The Balaban J connectivity index is 2.16. The van der Waals surface area contributed by atoms with Gasteiger partial charge in [-0.1, -0.05) is 26.2 Å². The molecule has 1 saturated carbocycles. The first-order valence-electron chi connectivity index (χ1n) is 7.68. The highest BCUT2D eigenvalue weighted by molar-refractivity contribution is 5.13. The molecule has 0 saturated heterocycles. The van der Waals surface area contributed by atoms with E-state index in [4.69, 9.17) is 10.7 Å². The first kappa shape index (κ1) is 14.4. The molecular weight excluding hydrogens is 234 g/mol. The van der Waals surface area contributed by atoms with E-state index >= 15 is 0 Å². The Morgan fingerprint density at radius 2 is 2.16 bits per heavy atom. The quantitative estimate of drug-likeness (QED) is 0.904. The molecule has 1 aliphatic rings. The van der Waals surface area contributed by atoms with Gasteiger partial charge >= 0.3 is 0 Å². The summed E-state index contributed by atoms with van der Waals surface area (Å²) in [6, 6.07) is 2.24. The fourth-order valence-electron chi connectivity index (χ4n) is 3.17. The highest BCUT2D eigenvalue weighted by Crippen LogP contribution is 2.36. The molecule has 2 N–H and O–H groups in total. The maximum Gasteiger partial charge on any atom is 0.131 e. The summed E-state index contributed by atoms with van der Waals surface area (Å²) in [5.41, 5.74) is 8.08. The molecule has 3 nitrogen and oxygen atoms in total. The Kier molecular flexibility index (Phi) is 4.92. The summed E-state index contributed by atoms with van der Waals surface area (Å²) in [6.07, 6.45) is 7.35. The van der Waals surface area contributed by atoms with Crippen LogP contribution in [0.25, 0.3) is 0 Å². The monoisotopic (exact) mass is 261 g/mol. The third kappa shape index (κ3) is 4.00. The van der Waals surface area contributed by atoms with Crippen molar-refractivity contribution in [3.05, 3.63) is 23.3 Å². The van der Waals surface area contributed by atoms with E-state index in [9.17, 15) is 0 Å². The second-order valence-corrected chi connectivity index (χ2v) is 6.18. The van der Waals surface area contributed by atoms with Crippen molar-refractivity contribution in [2.75, 3.05) is 0 Å². The minimum atomic E-state index is 0.164. The number of nitrogens with two attached hydrogens (primary N) is 1. The van der Waals surface area contributed by atoms with E-state index in [1.54, 1.807) is 0 Å². The normalized spacial score (nSPS) is 25.3. The molecule has 3 unspecified atom stereocenters. The SMILES string of the molecule is CCC1CCCC(c2nc(C)cc(CC(C)N)n2)C1. The van der Waals surface area contributed by atoms with Gasteiger partial charge in [0.2, 0.25) is 0 Å². The van der Waals surface area contributed by atoms with Crippen LogP contribution < -0.4 is 5.73 Å². The van der Waals surface area contributed by atoms with Crippen LogP contribution in [0.2, 0.25) is 0 Å². The van der Waals surface area contributed by atoms with Gasteiger partial charge in [0, 0.05) is 29.8 Å². The third-order valence-electron chi connectivity index (χ3n) is 4.18. The standard InChI is InChI=1S/C16H27N3/c1-4-13-6-5-7-14(10-13)16-18-12(3)9-15(19-16)8-11(2)17/h9,11,13-14H,4-8,10,17H2,1-3H3. The molecule has 1 aromatic heterocycles.